The molecule has 0 fully saturated rings. The Bertz CT molecular complexity index is 1050. The Hall–Kier alpha value is -3.38. The van der Waals surface area contributed by atoms with Crippen molar-refractivity contribution in [2.75, 3.05) is 5.32 Å². The first-order valence-electron chi connectivity index (χ1n) is 9.99. The van der Waals surface area contributed by atoms with Gasteiger partial charge in [0.2, 0.25) is 0 Å². The largest absolute Gasteiger partial charge is 0.322 e. The molecule has 0 saturated carbocycles. The van der Waals surface area contributed by atoms with Crippen LogP contribution in [0.3, 0.4) is 0 Å². The van der Waals surface area contributed by atoms with Gasteiger partial charge < -0.3 is 5.32 Å². The predicted octanol–water partition coefficient (Wildman–Crippen LogP) is 5.10. The topological polar surface area (TPSA) is 70.6 Å². The summed E-state index contributed by atoms with van der Waals surface area (Å²) in [6, 6.07) is 26.5. The van der Waals surface area contributed by atoms with E-state index in [9.17, 15) is 9.59 Å². The lowest BCUT2D eigenvalue weighted by molar-refractivity contribution is -0.120. The zero-order valence-corrected chi connectivity index (χ0v) is 18.4. The fourth-order valence-corrected chi connectivity index (χ4v) is 3.62. The first kappa shape index (κ1) is 22.3. The predicted molar refractivity (Wildman–Crippen MR) is 128 cm³/mol. The van der Waals surface area contributed by atoms with Crippen LogP contribution in [0.1, 0.15) is 35.3 Å². The van der Waals surface area contributed by atoms with E-state index in [2.05, 4.69) is 15.8 Å². The lowest BCUT2D eigenvalue weighted by Gasteiger charge is -2.11. The van der Waals surface area contributed by atoms with E-state index in [1.54, 1.807) is 23.9 Å². The summed E-state index contributed by atoms with van der Waals surface area (Å²) in [5.74, 6) is 0.445. The molecule has 3 aromatic rings. The van der Waals surface area contributed by atoms with Gasteiger partial charge in [-0.25, -0.2) is 5.43 Å². The zero-order valence-electron chi connectivity index (χ0n) is 17.5. The summed E-state index contributed by atoms with van der Waals surface area (Å²) in [5, 5.41) is 6.90. The minimum Gasteiger partial charge on any atom is -0.322 e. The molecule has 0 aliphatic carbocycles. The second kappa shape index (κ2) is 11.1. The minimum absolute atomic E-state index is 0.145. The van der Waals surface area contributed by atoms with Crippen LogP contribution in [-0.4, -0.2) is 22.8 Å². The van der Waals surface area contributed by atoms with E-state index in [1.165, 1.54) is 5.56 Å². The SMILES string of the molecule is C/C(=N/NC(=O)[C@H](C)SCc1ccccc1)c1cccc(NC(=O)c2ccccc2)c1. The van der Waals surface area contributed by atoms with E-state index in [1.807, 2.05) is 86.6 Å². The Morgan fingerprint density at radius 1 is 0.903 bits per heavy atom. The number of nitrogens with zero attached hydrogens (tertiary/aromatic N) is 1. The lowest BCUT2D eigenvalue weighted by atomic mass is 10.1. The fraction of sp³-hybridized carbons (Fsp3) is 0.160. The van der Waals surface area contributed by atoms with Gasteiger partial charge >= 0.3 is 0 Å². The number of rotatable bonds is 8. The molecular weight excluding hydrogens is 406 g/mol. The molecule has 0 bridgehead atoms. The summed E-state index contributed by atoms with van der Waals surface area (Å²) in [6.07, 6.45) is 0. The van der Waals surface area contributed by atoms with Gasteiger partial charge in [-0.1, -0.05) is 60.7 Å². The monoisotopic (exact) mass is 431 g/mol. The number of amides is 2. The standard InChI is InChI=1S/C25H25N3O2S/c1-18(27-28-24(29)19(2)31-17-20-10-5-3-6-11-20)22-14-9-15-23(16-22)26-25(30)21-12-7-4-8-13-21/h3-16,19H,17H2,1-2H3,(H,26,30)(H,28,29)/b27-18-/t19-/m0/s1. The van der Waals surface area contributed by atoms with Crippen LogP contribution in [0.5, 0.6) is 0 Å². The maximum absolute atomic E-state index is 12.4. The molecule has 5 nitrogen and oxygen atoms in total. The van der Waals surface area contributed by atoms with Crippen molar-refractivity contribution in [2.45, 2.75) is 24.9 Å². The first-order chi connectivity index (χ1) is 15.0. The molecular formula is C25H25N3O2S. The van der Waals surface area contributed by atoms with Gasteiger partial charge in [-0.15, -0.1) is 11.8 Å². The average molecular weight is 432 g/mol. The maximum atomic E-state index is 12.4. The molecule has 3 aromatic carbocycles. The summed E-state index contributed by atoms with van der Waals surface area (Å²) in [5.41, 5.74) is 6.55. The molecule has 0 unspecified atom stereocenters. The van der Waals surface area contributed by atoms with Crippen molar-refractivity contribution in [3.05, 3.63) is 102 Å². The first-order valence-corrected chi connectivity index (χ1v) is 11.0. The number of hydrazone groups is 1. The number of nitrogens with one attached hydrogen (secondary N) is 2. The number of carbonyl (C=O) groups is 2. The van der Waals surface area contributed by atoms with Gasteiger partial charge in [0.1, 0.15) is 0 Å². The third-order valence-electron chi connectivity index (χ3n) is 4.62. The number of thioether (sulfide) groups is 1. The summed E-state index contributed by atoms with van der Waals surface area (Å²) >= 11 is 1.56. The van der Waals surface area contributed by atoms with E-state index in [-0.39, 0.29) is 17.1 Å². The van der Waals surface area contributed by atoms with Gasteiger partial charge in [-0.05, 0) is 49.2 Å². The van der Waals surface area contributed by atoms with Crippen LogP contribution < -0.4 is 10.7 Å². The highest BCUT2D eigenvalue weighted by Gasteiger charge is 2.13. The number of carbonyl (C=O) groups excluding carboxylic acids is 2. The Morgan fingerprint density at radius 3 is 2.26 bits per heavy atom. The van der Waals surface area contributed by atoms with Gasteiger partial charge in [0.05, 0.1) is 11.0 Å². The van der Waals surface area contributed by atoms with E-state index in [0.717, 1.165) is 11.3 Å². The summed E-state index contributed by atoms with van der Waals surface area (Å²) in [7, 11) is 0. The Kier molecular flexibility index (Phi) is 8.01. The number of hydrogen-bond acceptors (Lipinski definition) is 4. The molecule has 6 heteroatoms. The Balaban J connectivity index is 1.56. The molecule has 0 radical (unpaired) electrons. The van der Waals surface area contributed by atoms with Gasteiger partial charge in [-0.3, -0.25) is 9.59 Å². The van der Waals surface area contributed by atoms with Crippen molar-refractivity contribution in [1.29, 1.82) is 0 Å². The van der Waals surface area contributed by atoms with Gasteiger partial charge in [-0.2, -0.15) is 5.10 Å². The average Bonchev–Trinajstić information content (AvgIpc) is 2.82. The van der Waals surface area contributed by atoms with Crippen LogP contribution in [0.4, 0.5) is 5.69 Å². The second-order valence-electron chi connectivity index (χ2n) is 7.01. The normalized spacial score (nSPS) is 12.1. The van der Waals surface area contributed by atoms with Gasteiger partial charge in [0, 0.05) is 17.0 Å². The second-order valence-corrected chi connectivity index (χ2v) is 8.34. The van der Waals surface area contributed by atoms with Gasteiger partial charge in [0.15, 0.2) is 0 Å². The number of hydrogen-bond donors (Lipinski definition) is 2. The van der Waals surface area contributed by atoms with Crippen LogP contribution in [-0.2, 0) is 10.5 Å². The highest BCUT2D eigenvalue weighted by molar-refractivity contribution is 7.99. The van der Waals surface area contributed by atoms with E-state index >= 15 is 0 Å². The molecule has 0 spiro atoms. The Morgan fingerprint density at radius 2 is 1.55 bits per heavy atom. The van der Waals surface area contributed by atoms with Crippen LogP contribution in [0.2, 0.25) is 0 Å². The van der Waals surface area contributed by atoms with Crippen LogP contribution >= 0.6 is 11.8 Å². The molecule has 0 heterocycles. The van der Waals surface area contributed by atoms with E-state index in [4.69, 9.17) is 0 Å². The Labute approximate surface area is 187 Å². The van der Waals surface area contributed by atoms with Gasteiger partial charge in [0.25, 0.3) is 11.8 Å². The summed E-state index contributed by atoms with van der Waals surface area (Å²) in [4.78, 5) is 24.7. The molecule has 0 saturated heterocycles. The molecule has 158 valence electrons. The van der Waals surface area contributed by atoms with E-state index < -0.39 is 0 Å². The van der Waals surface area contributed by atoms with Crippen molar-refractivity contribution >= 4 is 35.0 Å². The van der Waals surface area contributed by atoms with Crippen molar-refractivity contribution in [1.82, 2.24) is 5.43 Å². The third-order valence-corrected chi connectivity index (χ3v) is 5.83. The molecule has 0 aliphatic rings. The van der Waals surface area contributed by atoms with Crippen LogP contribution in [0.15, 0.2) is 90.0 Å². The molecule has 3 rings (SSSR count). The summed E-state index contributed by atoms with van der Waals surface area (Å²) in [6.45, 7) is 3.69. The molecule has 0 aliphatic heterocycles. The van der Waals surface area contributed by atoms with Crippen LogP contribution in [0, 0.1) is 0 Å². The van der Waals surface area contributed by atoms with Crippen molar-refractivity contribution in [3.63, 3.8) is 0 Å². The highest BCUT2D eigenvalue weighted by Crippen LogP contribution is 2.18. The number of benzene rings is 3. The third kappa shape index (κ3) is 6.83. The molecule has 31 heavy (non-hydrogen) atoms. The fourth-order valence-electron chi connectivity index (χ4n) is 2.78. The van der Waals surface area contributed by atoms with E-state index in [0.29, 0.717) is 17.0 Å². The highest BCUT2D eigenvalue weighted by atomic mass is 32.2. The van der Waals surface area contributed by atoms with Crippen molar-refractivity contribution in [3.8, 4) is 0 Å². The maximum Gasteiger partial charge on any atom is 0.255 e. The van der Waals surface area contributed by atoms with Crippen molar-refractivity contribution in [2.24, 2.45) is 5.10 Å². The van der Waals surface area contributed by atoms with Crippen LogP contribution in [0.25, 0.3) is 0 Å². The molecule has 2 amide bonds. The molecule has 2 N–H and O–H groups in total. The number of anilines is 1. The quantitative estimate of drug-likeness (QED) is 0.385. The molecule has 0 aromatic heterocycles. The molecule has 1 atom stereocenters. The summed E-state index contributed by atoms with van der Waals surface area (Å²) < 4.78 is 0. The smallest absolute Gasteiger partial charge is 0.255 e. The minimum atomic E-state index is -0.228. The zero-order chi connectivity index (χ0) is 22.1. The lowest BCUT2D eigenvalue weighted by Crippen LogP contribution is -2.27. The van der Waals surface area contributed by atoms with Crippen molar-refractivity contribution < 1.29 is 9.59 Å².